The first-order chi connectivity index (χ1) is 16.4. The van der Waals surface area contributed by atoms with Crippen molar-refractivity contribution in [3.05, 3.63) is 88.1 Å². The molecule has 0 bridgehead atoms. The predicted octanol–water partition coefficient (Wildman–Crippen LogP) is 8.30. The lowest BCUT2D eigenvalue weighted by Crippen LogP contribution is -2.19. The highest BCUT2D eigenvalue weighted by Gasteiger charge is 2.22. The Labute approximate surface area is 219 Å². The van der Waals surface area contributed by atoms with Crippen molar-refractivity contribution in [1.82, 2.24) is 4.90 Å². The van der Waals surface area contributed by atoms with Crippen molar-refractivity contribution >= 4 is 24.0 Å². The van der Waals surface area contributed by atoms with Crippen LogP contribution in [0.25, 0.3) is 5.70 Å². The number of likely N-dealkylation sites (N-methyl/N-ethyl adjacent to an activating group) is 1. The second kappa shape index (κ2) is 12.4. The first-order valence-electron chi connectivity index (χ1n) is 12.6. The van der Waals surface area contributed by atoms with Gasteiger partial charge in [0.15, 0.2) is 0 Å². The summed E-state index contributed by atoms with van der Waals surface area (Å²) in [5.41, 5.74) is 8.55. The number of allylic oxidation sites excluding steroid dienone is 2. The Bertz CT molecular complexity index is 1100. The molecular formula is C31H44N2OS. The topological polar surface area (TPSA) is 26.7 Å². The van der Waals surface area contributed by atoms with Gasteiger partial charge in [0.2, 0.25) is 0 Å². The molecule has 2 rings (SSSR count). The molecule has 2 aromatic rings. The van der Waals surface area contributed by atoms with Crippen molar-refractivity contribution < 1.29 is 5.11 Å². The molecule has 0 unspecified atom stereocenters. The van der Waals surface area contributed by atoms with Crippen LogP contribution in [0.15, 0.2) is 60.3 Å². The normalized spacial score (nSPS) is 12.6. The number of nitrogens with zero attached hydrogens (tertiary/aromatic N) is 2. The van der Waals surface area contributed by atoms with E-state index in [1.54, 1.807) is 0 Å². The number of phenolic OH excluding ortho intramolecular Hbond substituents is 1. The summed E-state index contributed by atoms with van der Waals surface area (Å²) in [6, 6.07) is 10.5. The summed E-state index contributed by atoms with van der Waals surface area (Å²) in [7, 11) is 3.99. The average Bonchev–Trinajstić information content (AvgIpc) is 2.78. The number of thiol groups is 1. The summed E-state index contributed by atoms with van der Waals surface area (Å²) < 4.78 is 0. The third kappa shape index (κ3) is 6.98. The van der Waals surface area contributed by atoms with Crippen molar-refractivity contribution in [2.24, 2.45) is 5.92 Å². The summed E-state index contributed by atoms with van der Waals surface area (Å²) in [4.78, 5) is 4.05. The maximum absolute atomic E-state index is 11.2. The van der Waals surface area contributed by atoms with Crippen molar-refractivity contribution in [2.75, 3.05) is 19.0 Å². The van der Waals surface area contributed by atoms with Gasteiger partial charge in [-0.3, -0.25) is 0 Å². The SMILES string of the molecule is C=C(Cc1cc(O)c(/C(=C/C)N(C(=C)S)c2ccc(C)c(C[C@@H](C)CC)c2)cc1C(C)C)N(C)C. The van der Waals surface area contributed by atoms with Gasteiger partial charge in [0, 0.05) is 37.5 Å². The molecule has 0 radical (unpaired) electrons. The quantitative estimate of drug-likeness (QED) is 0.309. The molecule has 0 saturated heterocycles. The Kier molecular flexibility index (Phi) is 10.1. The largest absolute Gasteiger partial charge is 0.507 e. The first-order valence-corrected chi connectivity index (χ1v) is 13.0. The van der Waals surface area contributed by atoms with E-state index in [1.807, 2.05) is 43.0 Å². The van der Waals surface area contributed by atoms with Crippen molar-refractivity contribution in [1.29, 1.82) is 0 Å². The standard InChI is InChI=1S/C31H44N2OS/c1-11-21(5)15-25-17-27(14-13-22(25)6)33(24(8)35)30(12-2)29-19-28(20(3)4)26(18-31(29)34)16-23(7)32(9)10/h12-14,17-21,34-35H,7-8,11,15-16H2,1-6,9-10H3/b30-12-/t21-/m0/s1. The highest BCUT2D eigenvalue weighted by molar-refractivity contribution is 7.84. The minimum atomic E-state index is 0.246. The third-order valence-electron chi connectivity index (χ3n) is 6.81. The minimum absolute atomic E-state index is 0.246. The van der Waals surface area contributed by atoms with Crippen molar-refractivity contribution in [3.8, 4) is 5.75 Å². The average molecular weight is 493 g/mol. The molecule has 0 aromatic heterocycles. The molecule has 35 heavy (non-hydrogen) atoms. The van der Waals surface area contributed by atoms with Gasteiger partial charge in [0.05, 0.1) is 10.7 Å². The second-order valence-corrected chi connectivity index (χ2v) is 10.6. The lowest BCUT2D eigenvalue weighted by Gasteiger charge is -2.30. The van der Waals surface area contributed by atoms with Crippen LogP contribution in [0.4, 0.5) is 5.69 Å². The Morgan fingerprint density at radius 3 is 2.26 bits per heavy atom. The van der Waals surface area contributed by atoms with E-state index in [2.05, 4.69) is 84.7 Å². The Morgan fingerprint density at radius 2 is 1.74 bits per heavy atom. The van der Waals surface area contributed by atoms with Crippen LogP contribution < -0.4 is 4.90 Å². The van der Waals surface area contributed by atoms with Crippen LogP contribution in [0.1, 0.15) is 74.8 Å². The summed E-state index contributed by atoms with van der Waals surface area (Å²) in [5.74, 6) is 1.15. The lowest BCUT2D eigenvalue weighted by molar-refractivity contribution is 0.470. The van der Waals surface area contributed by atoms with E-state index in [-0.39, 0.29) is 5.75 Å². The van der Waals surface area contributed by atoms with E-state index < -0.39 is 0 Å². The van der Waals surface area contributed by atoms with E-state index in [0.717, 1.165) is 41.1 Å². The van der Waals surface area contributed by atoms with Crippen LogP contribution in [-0.2, 0) is 12.8 Å². The highest BCUT2D eigenvalue weighted by atomic mass is 32.1. The smallest absolute Gasteiger partial charge is 0.125 e. The van der Waals surface area contributed by atoms with Crippen LogP contribution in [-0.4, -0.2) is 24.1 Å². The van der Waals surface area contributed by atoms with Crippen molar-refractivity contribution in [2.45, 2.75) is 66.7 Å². The number of rotatable bonds is 11. The van der Waals surface area contributed by atoms with Gasteiger partial charge < -0.3 is 14.9 Å². The molecule has 0 spiro atoms. The highest BCUT2D eigenvalue weighted by Crippen LogP contribution is 2.39. The number of aryl methyl sites for hydroxylation is 1. The van der Waals surface area contributed by atoms with Crippen LogP contribution in [0.2, 0.25) is 0 Å². The van der Waals surface area contributed by atoms with E-state index >= 15 is 0 Å². The fraction of sp³-hybridized carbons (Fsp3) is 0.419. The summed E-state index contributed by atoms with van der Waals surface area (Å²) in [6.07, 6.45) is 4.89. The fourth-order valence-corrected chi connectivity index (χ4v) is 4.51. The molecule has 1 N–H and O–H groups in total. The monoisotopic (exact) mass is 492 g/mol. The van der Waals surface area contributed by atoms with Gasteiger partial charge in [0.25, 0.3) is 0 Å². The van der Waals surface area contributed by atoms with Gasteiger partial charge in [0.1, 0.15) is 5.75 Å². The number of hydrogen-bond acceptors (Lipinski definition) is 4. The molecule has 0 saturated carbocycles. The summed E-state index contributed by atoms with van der Waals surface area (Å²) >= 11 is 4.68. The van der Waals surface area contributed by atoms with Crippen LogP contribution >= 0.6 is 12.6 Å². The molecule has 0 aliphatic carbocycles. The van der Waals surface area contributed by atoms with Gasteiger partial charge in [-0.15, -0.1) is 12.6 Å². The molecule has 0 aliphatic heterocycles. The Morgan fingerprint density at radius 1 is 1.09 bits per heavy atom. The van der Waals surface area contributed by atoms with Gasteiger partial charge in [-0.2, -0.15) is 0 Å². The van der Waals surface area contributed by atoms with Crippen molar-refractivity contribution in [3.63, 3.8) is 0 Å². The molecule has 0 amide bonds. The van der Waals surface area contributed by atoms with E-state index in [0.29, 0.717) is 23.3 Å². The van der Waals surface area contributed by atoms with Gasteiger partial charge in [-0.1, -0.05) is 59.4 Å². The van der Waals surface area contributed by atoms with E-state index in [4.69, 9.17) is 0 Å². The number of aromatic hydroxyl groups is 1. The van der Waals surface area contributed by atoms with E-state index in [1.165, 1.54) is 16.7 Å². The van der Waals surface area contributed by atoms with Crippen LogP contribution in [0, 0.1) is 12.8 Å². The molecule has 4 heteroatoms. The first kappa shape index (κ1) is 28.6. The zero-order valence-electron chi connectivity index (χ0n) is 22.9. The van der Waals surface area contributed by atoms with Gasteiger partial charge in [-0.05, 0) is 78.6 Å². The van der Waals surface area contributed by atoms with Gasteiger partial charge >= 0.3 is 0 Å². The van der Waals surface area contributed by atoms with Crippen LogP contribution in [0.3, 0.4) is 0 Å². The molecular weight excluding hydrogens is 448 g/mol. The minimum Gasteiger partial charge on any atom is -0.507 e. The number of benzene rings is 2. The maximum atomic E-state index is 11.2. The molecule has 0 fully saturated rings. The molecule has 190 valence electrons. The molecule has 3 nitrogen and oxygen atoms in total. The van der Waals surface area contributed by atoms with Crippen LogP contribution in [0.5, 0.6) is 5.75 Å². The zero-order chi connectivity index (χ0) is 26.4. The lowest BCUT2D eigenvalue weighted by atomic mass is 9.90. The van der Waals surface area contributed by atoms with E-state index in [9.17, 15) is 5.11 Å². The fourth-order valence-electron chi connectivity index (χ4n) is 4.29. The summed E-state index contributed by atoms with van der Waals surface area (Å²) in [6.45, 7) is 21.4. The molecule has 1 atom stereocenters. The number of anilines is 1. The maximum Gasteiger partial charge on any atom is 0.125 e. The number of phenols is 1. The molecule has 2 aromatic carbocycles. The summed E-state index contributed by atoms with van der Waals surface area (Å²) in [5, 5.41) is 11.8. The van der Waals surface area contributed by atoms with Gasteiger partial charge in [-0.25, -0.2) is 0 Å². The number of hydrogen-bond donors (Lipinski definition) is 2. The predicted molar refractivity (Wildman–Crippen MR) is 157 cm³/mol. The zero-order valence-corrected chi connectivity index (χ0v) is 23.8. The second-order valence-electron chi connectivity index (χ2n) is 10.1. The third-order valence-corrected chi connectivity index (χ3v) is 7.01. The Hall–Kier alpha value is -2.59. The Balaban J connectivity index is 2.63. The molecule has 0 aliphatic rings. The molecule has 0 heterocycles.